The predicted molar refractivity (Wildman–Crippen MR) is 39.4 cm³/mol. The van der Waals surface area contributed by atoms with Crippen LogP contribution in [0.25, 0.3) is 0 Å². The summed E-state index contributed by atoms with van der Waals surface area (Å²) in [4.78, 5) is 10.7. The van der Waals surface area contributed by atoms with Gasteiger partial charge in [-0.25, -0.2) is 4.79 Å². The standard InChI is InChI=1S/C7H13NO2/c1-6(2)5-7(9)10-4-3-8/h5H,3-4,8H2,1-2H3. The summed E-state index contributed by atoms with van der Waals surface area (Å²) in [6.45, 7) is 4.35. The SMILES string of the molecule is CC(C)=CC(=O)OCCN. The van der Waals surface area contributed by atoms with Gasteiger partial charge in [0.15, 0.2) is 0 Å². The third-order valence-corrected chi connectivity index (χ3v) is 0.769. The van der Waals surface area contributed by atoms with E-state index < -0.39 is 0 Å². The van der Waals surface area contributed by atoms with Crippen molar-refractivity contribution in [2.24, 2.45) is 5.73 Å². The third kappa shape index (κ3) is 5.31. The number of carbonyl (C=O) groups is 1. The van der Waals surface area contributed by atoms with Gasteiger partial charge in [0, 0.05) is 12.6 Å². The summed E-state index contributed by atoms with van der Waals surface area (Å²) in [6, 6.07) is 0. The van der Waals surface area contributed by atoms with Crippen molar-refractivity contribution < 1.29 is 9.53 Å². The van der Waals surface area contributed by atoms with Crippen LogP contribution in [0.1, 0.15) is 13.8 Å². The normalized spacial score (nSPS) is 8.70. The molecule has 0 saturated heterocycles. The van der Waals surface area contributed by atoms with Crippen molar-refractivity contribution >= 4 is 5.97 Å². The second kappa shape index (κ2) is 4.99. The number of nitrogens with two attached hydrogens (primary N) is 1. The van der Waals surface area contributed by atoms with Crippen molar-refractivity contribution in [2.45, 2.75) is 13.8 Å². The van der Waals surface area contributed by atoms with Crippen molar-refractivity contribution in [1.29, 1.82) is 0 Å². The quantitative estimate of drug-likeness (QED) is 0.461. The molecular formula is C7H13NO2. The van der Waals surface area contributed by atoms with Gasteiger partial charge in [0.05, 0.1) is 0 Å². The van der Waals surface area contributed by atoms with Gasteiger partial charge < -0.3 is 10.5 Å². The topological polar surface area (TPSA) is 52.3 Å². The van der Waals surface area contributed by atoms with Gasteiger partial charge in [-0.1, -0.05) is 5.57 Å². The van der Waals surface area contributed by atoms with Crippen molar-refractivity contribution in [3.63, 3.8) is 0 Å². The molecular weight excluding hydrogens is 130 g/mol. The van der Waals surface area contributed by atoms with Crippen LogP contribution in [0.3, 0.4) is 0 Å². The van der Waals surface area contributed by atoms with Crippen molar-refractivity contribution in [2.75, 3.05) is 13.2 Å². The fourth-order valence-corrected chi connectivity index (χ4v) is 0.437. The summed E-state index contributed by atoms with van der Waals surface area (Å²) in [5, 5.41) is 0. The van der Waals surface area contributed by atoms with Crippen LogP contribution in [-0.4, -0.2) is 19.1 Å². The Morgan fingerprint density at radius 1 is 1.60 bits per heavy atom. The van der Waals surface area contributed by atoms with E-state index in [9.17, 15) is 4.79 Å². The highest BCUT2D eigenvalue weighted by molar-refractivity contribution is 5.82. The molecule has 0 aromatic heterocycles. The fraction of sp³-hybridized carbons (Fsp3) is 0.571. The average Bonchev–Trinajstić information content (AvgIpc) is 1.82. The second-order valence-electron chi connectivity index (χ2n) is 2.18. The molecule has 0 aliphatic carbocycles. The molecule has 2 N–H and O–H groups in total. The van der Waals surface area contributed by atoms with E-state index in [1.54, 1.807) is 0 Å². The van der Waals surface area contributed by atoms with Gasteiger partial charge in [0.2, 0.25) is 0 Å². The number of ether oxygens (including phenoxy) is 1. The minimum atomic E-state index is -0.314. The smallest absolute Gasteiger partial charge is 0.330 e. The molecule has 0 bridgehead atoms. The second-order valence-corrected chi connectivity index (χ2v) is 2.18. The van der Waals surface area contributed by atoms with Gasteiger partial charge >= 0.3 is 5.97 Å². The molecule has 0 aliphatic heterocycles. The number of hydrogen-bond donors (Lipinski definition) is 1. The molecule has 0 unspecified atom stereocenters. The van der Waals surface area contributed by atoms with Gasteiger partial charge in [0.25, 0.3) is 0 Å². The highest BCUT2D eigenvalue weighted by Crippen LogP contribution is 1.89. The van der Waals surface area contributed by atoms with Crippen molar-refractivity contribution in [3.05, 3.63) is 11.6 Å². The Morgan fingerprint density at radius 3 is 2.60 bits per heavy atom. The van der Waals surface area contributed by atoms with Gasteiger partial charge in [-0.15, -0.1) is 0 Å². The first-order valence-electron chi connectivity index (χ1n) is 3.18. The van der Waals surface area contributed by atoms with Crippen molar-refractivity contribution in [3.8, 4) is 0 Å². The van der Waals surface area contributed by atoms with E-state index in [1.165, 1.54) is 6.08 Å². The molecule has 0 atom stereocenters. The van der Waals surface area contributed by atoms with Crippen LogP contribution in [0, 0.1) is 0 Å². The molecule has 0 aromatic carbocycles. The average molecular weight is 143 g/mol. The zero-order chi connectivity index (χ0) is 7.98. The molecule has 3 heteroatoms. The Morgan fingerprint density at radius 2 is 2.20 bits per heavy atom. The minimum Gasteiger partial charge on any atom is -0.461 e. The largest absolute Gasteiger partial charge is 0.461 e. The van der Waals surface area contributed by atoms with Crippen LogP contribution < -0.4 is 5.73 Å². The van der Waals surface area contributed by atoms with Crippen LogP contribution in [0.4, 0.5) is 0 Å². The van der Waals surface area contributed by atoms with E-state index >= 15 is 0 Å². The van der Waals surface area contributed by atoms with E-state index in [2.05, 4.69) is 4.74 Å². The zero-order valence-electron chi connectivity index (χ0n) is 6.39. The van der Waals surface area contributed by atoms with Crippen LogP contribution >= 0.6 is 0 Å². The summed E-state index contributed by atoms with van der Waals surface area (Å²) >= 11 is 0. The Balaban J connectivity index is 3.54. The minimum absolute atomic E-state index is 0.294. The number of carbonyl (C=O) groups excluding carboxylic acids is 1. The van der Waals surface area contributed by atoms with E-state index in [4.69, 9.17) is 5.73 Å². The van der Waals surface area contributed by atoms with E-state index in [0.717, 1.165) is 5.57 Å². The Labute approximate surface area is 60.9 Å². The summed E-state index contributed by atoms with van der Waals surface area (Å²) < 4.78 is 4.66. The van der Waals surface area contributed by atoms with E-state index in [1.807, 2.05) is 13.8 Å². The summed E-state index contributed by atoms with van der Waals surface area (Å²) in [6.07, 6.45) is 1.44. The first-order chi connectivity index (χ1) is 4.66. The molecule has 0 aromatic rings. The van der Waals surface area contributed by atoms with Crippen LogP contribution in [0.5, 0.6) is 0 Å². The monoisotopic (exact) mass is 143 g/mol. The molecule has 0 saturated carbocycles. The van der Waals surface area contributed by atoms with Crippen molar-refractivity contribution in [1.82, 2.24) is 0 Å². The lowest BCUT2D eigenvalue weighted by Crippen LogP contribution is -2.11. The highest BCUT2D eigenvalue weighted by atomic mass is 16.5. The Kier molecular flexibility index (Phi) is 4.58. The fourth-order valence-electron chi connectivity index (χ4n) is 0.437. The number of rotatable bonds is 3. The lowest BCUT2D eigenvalue weighted by Gasteiger charge is -1.97. The first-order valence-corrected chi connectivity index (χ1v) is 3.18. The molecule has 3 nitrogen and oxygen atoms in total. The Hall–Kier alpha value is -0.830. The molecule has 0 rings (SSSR count). The summed E-state index contributed by atoms with van der Waals surface area (Å²) in [5.74, 6) is -0.314. The van der Waals surface area contributed by atoms with Gasteiger partial charge in [0.1, 0.15) is 6.61 Å². The van der Waals surface area contributed by atoms with Crippen LogP contribution in [0.15, 0.2) is 11.6 Å². The maximum Gasteiger partial charge on any atom is 0.330 e. The Bertz CT molecular complexity index is 137. The molecule has 58 valence electrons. The van der Waals surface area contributed by atoms with E-state index in [0.29, 0.717) is 13.2 Å². The maximum atomic E-state index is 10.7. The first kappa shape index (κ1) is 9.17. The number of hydrogen-bond acceptors (Lipinski definition) is 3. The van der Waals surface area contributed by atoms with Gasteiger partial charge in [-0.2, -0.15) is 0 Å². The lowest BCUT2D eigenvalue weighted by atomic mass is 10.3. The molecule has 0 spiro atoms. The molecule has 0 fully saturated rings. The van der Waals surface area contributed by atoms with Crippen LogP contribution in [-0.2, 0) is 9.53 Å². The van der Waals surface area contributed by atoms with E-state index in [-0.39, 0.29) is 5.97 Å². The third-order valence-electron chi connectivity index (χ3n) is 0.769. The van der Waals surface area contributed by atoms with Gasteiger partial charge in [-0.05, 0) is 13.8 Å². The zero-order valence-corrected chi connectivity index (χ0v) is 6.39. The summed E-state index contributed by atoms with van der Waals surface area (Å²) in [5.41, 5.74) is 6.04. The number of allylic oxidation sites excluding steroid dienone is 1. The summed E-state index contributed by atoms with van der Waals surface area (Å²) in [7, 11) is 0. The lowest BCUT2D eigenvalue weighted by molar-refractivity contribution is -0.137. The highest BCUT2D eigenvalue weighted by Gasteiger charge is 1.94. The maximum absolute atomic E-state index is 10.7. The van der Waals surface area contributed by atoms with Crippen LogP contribution in [0.2, 0.25) is 0 Å². The molecule has 0 amide bonds. The predicted octanol–water partition coefficient (Wildman–Crippen LogP) is 0.455. The molecule has 10 heavy (non-hydrogen) atoms. The number of esters is 1. The molecule has 0 aliphatic rings. The van der Waals surface area contributed by atoms with Gasteiger partial charge in [-0.3, -0.25) is 0 Å². The molecule has 0 radical (unpaired) electrons. The molecule has 0 heterocycles.